The molecule has 2 rings (SSSR count). The van der Waals surface area contributed by atoms with E-state index in [2.05, 4.69) is 21.2 Å². The van der Waals surface area contributed by atoms with Crippen molar-refractivity contribution in [2.24, 2.45) is 5.73 Å². The van der Waals surface area contributed by atoms with Crippen molar-refractivity contribution in [2.75, 3.05) is 0 Å². The summed E-state index contributed by atoms with van der Waals surface area (Å²) in [5.41, 5.74) is 6.93. The Labute approximate surface area is 125 Å². The highest BCUT2D eigenvalue weighted by atomic mass is 79.9. The van der Waals surface area contributed by atoms with Crippen molar-refractivity contribution in [3.05, 3.63) is 69.9 Å². The van der Waals surface area contributed by atoms with Gasteiger partial charge in [-0.2, -0.15) is 0 Å². The van der Waals surface area contributed by atoms with Gasteiger partial charge in [-0.1, -0.05) is 46.3 Å². The molecule has 0 unspecified atom stereocenters. The molecule has 2 aromatic carbocycles. The zero-order valence-electron chi connectivity index (χ0n) is 10.6. The van der Waals surface area contributed by atoms with Gasteiger partial charge in [0.2, 0.25) is 5.91 Å². The molecule has 104 valence electrons. The van der Waals surface area contributed by atoms with Gasteiger partial charge in [-0.05, 0) is 29.3 Å². The number of halogens is 2. The highest BCUT2D eigenvalue weighted by Gasteiger charge is 2.16. The molecule has 3 nitrogen and oxygen atoms in total. The fourth-order valence-corrected chi connectivity index (χ4v) is 2.47. The van der Waals surface area contributed by atoms with Gasteiger partial charge in [-0.15, -0.1) is 0 Å². The van der Waals surface area contributed by atoms with E-state index < -0.39 is 11.9 Å². The Morgan fingerprint density at radius 3 is 2.55 bits per heavy atom. The molecule has 5 heteroatoms. The van der Waals surface area contributed by atoms with Crippen molar-refractivity contribution < 1.29 is 9.18 Å². The van der Waals surface area contributed by atoms with Gasteiger partial charge in [0, 0.05) is 11.0 Å². The Bertz CT molecular complexity index is 584. The molecule has 0 aliphatic rings. The lowest BCUT2D eigenvalue weighted by Crippen LogP contribution is -2.33. The average Bonchev–Trinajstić information content (AvgIpc) is 2.38. The molecule has 20 heavy (non-hydrogen) atoms. The fraction of sp³-hybridized carbons (Fsp3) is 0.133. The summed E-state index contributed by atoms with van der Waals surface area (Å²) >= 11 is 3.23. The first-order valence-electron chi connectivity index (χ1n) is 6.09. The van der Waals surface area contributed by atoms with Crippen LogP contribution in [0.2, 0.25) is 0 Å². The van der Waals surface area contributed by atoms with Crippen LogP contribution in [0.3, 0.4) is 0 Å². The molecule has 0 heterocycles. The van der Waals surface area contributed by atoms with Gasteiger partial charge in [0.1, 0.15) is 11.9 Å². The molecule has 0 aliphatic heterocycles. The molecular weight excluding hydrogens is 323 g/mol. The smallest absolute Gasteiger partial charge is 0.239 e. The number of nitrogens with two attached hydrogens (primary N) is 1. The van der Waals surface area contributed by atoms with E-state index in [4.69, 9.17) is 5.73 Å². The second-order valence-electron chi connectivity index (χ2n) is 4.40. The minimum absolute atomic E-state index is 0.327. The average molecular weight is 337 g/mol. The number of hydrogen-bond acceptors (Lipinski definition) is 2. The summed E-state index contributed by atoms with van der Waals surface area (Å²) in [4.78, 5) is 11.5. The lowest BCUT2D eigenvalue weighted by atomic mass is 10.1. The quantitative estimate of drug-likeness (QED) is 0.881. The molecule has 0 radical (unpaired) electrons. The number of primary amides is 1. The summed E-state index contributed by atoms with van der Waals surface area (Å²) < 4.78 is 13.9. The largest absolute Gasteiger partial charge is 0.368 e. The van der Waals surface area contributed by atoms with Gasteiger partial charge in [0.25, 0.3) is 0 Å². The van der Waals surface area contributed by atoms with Crippen LogP contribution in [0.4, 0.5) is 4.39 Å². The van der Waals surface area contributed by atoms with Gasteiger partial charge >= 0.3 is 0 Å². The molecule has 0 aliphatic carbocycles. The first kappa shape index (κ1) is 14.7. The van der Waals surface area contributed by atoms with Crippen LogP contribution in [0.1, 0.15) is 17.2 Å². The third-order valence-corrected chi connectivity index (χ3v) is 3.31. The molecule has 0 spiro atoms. The van der Waals surface area contributed by atoms with Crippen molar-refractivity contribution in [3.8, 4) is 0 Å². The van der Waals surface area contributed by atoms with E-state index in [1.807, 2.05) is 30.3 Å². The normalized spacial score (nSPS) is 12.1. The van der Waals surface area contributed by atoms with Crippen molar-refractivity contribution in [2.45, 2.75) is 12.6 Å². The summed E-state index contributed by atoms with van der Waals surface area (Å²) in [7, 11) is 0. The van der Waals surface area contributed by atoms with Crippen LogP contribution in [0.25, 0.3) is 0 Å². The zero-order chi connectivity index (χ0) is 14.5. The van der Waals surface area contributed by atoms with E-state index in [0.717, 1.165) is 11.1 Å². The second-order valence-corrected chi connectivity index (χ2v) is 5.32. The zero-order valence-corrected chi connectivity index (χ0v) is 12.2. The predicted molar refractivity (Wildman–Crippen MR) is 79.3 cm³/mol. The van der Waals surface area contributed by atoms with Crippen molar-refractivity contribution in [3.63, 3.8) is 0 Å². The molecule has 0 fully saturated rings. The van der Waals surface area contributed by atoms with E-state index in [-0.39, 0.29) is 5.82 Å². The van der Waals surface area contributed by atoms with E-state index >= 15 is 0 Å². The topological polar surface area (TPSA) is 55.1 Å². The molecule has 2 aromatic rings. The maximum absolute atomic E-state index is 13.3. The van der Waals surface area contributed by atoms with Crippen molar-refractivity contribution in [1.29, 1.82) is 0 Å². The van der Waals surface area contributed by atoms with Crippen molar-refractivity contribution in [1.82, 2.24) is 5.32 Å². The van der Waals surface area contributed by atoms with Gasteiger partial charge in [-0.25, -0.2) is 4.39 Å². The molecule has 0 saturated carbocycles. The Morgan fingerprint density at radius 1 is 1.25 bits per heavy atom. The Morgan fingerprint density at radius 2 is 1.95 bits per heavy atom. The summed E-state index contributed by atoms with van der Waals surface area (Å²) in [5, 5.41) is 3.04. The van der Waals surface area contributed by atoms with Crippen LogP contribution in [-0.4, -0.2) is 5.91 Å². The fourth-order valence-electron chi connectivity index (χ4n) is 1.96. The van der Waals surface area contributed by atoms with Crippen LogP contribution in [0.5, 0.6) is 0 Å². The summed E-state index contributed by atoms with van der Waals surface area (Å²) in [6, 6.07) is 13.2. The first-order valence-corrected chi connectivity index (χ1v) is 6.88. The van der Waals surface area contributed by atoms with Crippen LogP contribution >= 0.6 is 15.9 Å². The number of hydrogen-bond donors (Lipinski definition) is 2. The first-order chi connectivity index (χ1) is 9.56. The molecule has 1 amide bonds. The molecule has 0 bridgehead atoms. The Balaban J connectivity index is 2.12. The maximum atomic E-state index is 13.3. The summed E-state index contributed by atoms with van der Waals surface area (Å²) in [5.74, 6) is -0.793. The highest BCUT2D eigenvalue weighted by molar-refractivity contribution is 9.10. The predicted octanol–water partition coefficient (Wildman–Crippen LogP) is 2.90. The number of amides is 1. The van der Waals surface area contributed by atoms with Gasteiger partial charge < -0.3 is 5.73 Å². The van der Waals surface area contributed by atoms with E-state index in [1.165, 1.54) is 12.1 Å². The lowest BCUT2D eigenvalue weighted by molar-refractivity contribution is -0.120. The molecular formula is C15H14BrFN2O. The SMILES string of the molecule is NC(=O)[C@@H](NCc1cc(F)cc(Br)c1)c1ccccc1. The third-order valence-electron chi connectivity index (χ3n) is 2.85. The Kier molecular flexibility index (Phi) is 4.87. The minimum atomic E-state index is -0.599. The molecule has 0 aromatic heterocycles. The molecule has 0 saturated heterocycles. The van der Waals surface area contributed by atoms with Gasteiger partial charge in [0.05, 0.1) is 0 Å². The second kappa shape index (κ2) is 6.63. The number of benzene rings is 2. The maximum Gasteiger partial charge on any atom is 0.239 e. The number of carbonyl (C=O) groups excluding carboxylic acids is 1. The monoisotopic (exact) mass is 336 g/mol. The van der Waals surface area contributed by atoms with Gasteiger partial charge in [0.15, 0.2) is 0 Å². The molecule has 3 N–H and O–H groups in total. The number of rotatable bonds is 5. The summed E-state index contributed by atoms with van der Waals surface area (Å²) in [6.45, 7) is 0.346. The summed E-state index contributed by atoms with van der Waals surface area (Å²) in [6.07, 6.45) is 0. The standard InChI is InChI=1S/C15H14BrFN2O/c16-12-6-10(7-13(17)8-12)9-19-14(15(18)20)11-4-2-1-3-5-11/h1-8,14,19H,9H2,(H2,18,20)/t14-/m0/s1. The van der Waals surface area contributed by atoms with Crippen LogP contribution in [0.15, 0.2) is 53.0 Å². The lowest BCUT2D eigenvalue weighted by Gasteiger charge is -2.16. The van der Waals surface area contributed by atoms with Crippen molar-refractivity contribution >= 4 is 21.8 Å². The molecule has 1 atom stereocenters. The highest BCUT2D eigenvalue weighted by Crippen LogP contribution is 2.17. The van der Waals surface area contributed by atoms with E-state index in [0.29, 0.717) is 11.0 Å². The number of carbonyl (C=O) groups is 1. The van der Waals surface area contributed by atoms with Crippen LogP contribution in [-0.2, 0) is 11.3 Å². The van der Waals surface area contributed by atoms with E-state index in [1.54, 1.807) is 6.07 Å². The van der Waals surface area contributed by atoms with Gasteiger partial charge in [-0.3, -0.25) is 10.1 Å². The third kappa shape index (κ3) is 3.88. The number of nitrogens with one attached hydrogen (secondary N) is 1. The van der Waals surface area contributed by atoms with Crippen LogP contribution in [0, 0.1) is 5.82 Å². The van der Waals surface area contributed by atoms with Crippen LogP contribution < -0.4 is 11.1 Å². The van der Waals surface area contributed by atoms with E-state index in [9.17, 15) is 9.18 Å². The minimum Gasteiger partial charge on any atom is -0.368 e. The Hall–Kier alpha value is -1.72.